The predicted octanol–water partition coefficient (Wildman–Crippen LogP) is 5.47. The van der Waals surface area contributed by atoms with Crippen LogP contribution < -0.4 is 5.76 Å². The Morgan fingerprint density at radius 1 is 1.13 bits per heavy atom. The Hall–Kier alpha value is -3.05. The van der Waals surface area contributed by atoms with E-state index in [0.717, 1.165) is 54.7 Å². The van der Waals surface area contributed by atoms with E-state index >= 15 is 0 Å². The van der Waals surface area contributed by atoms with Crippen molar-refractivity contribution in [1.82, 2.24) is 9.47 Å². The third-order valence-corrected chi connectivity index (χ3v) is 9.02. The highest BCUT2D eigenvalue weighted by Gasteiger charge is 2.30. The molecule has 1 aliphatic rings. The van der Waals surface area contributed by atoms with Crippen LogP contribution in [0.5, 0.6) is 0 Å². The van der Waals surface area contributed by atoms with Crippen molar-refractivity contribution in [3.8, 4) is 0 Å². The van der Waals surface area contributed by atoms with Crippen molar-refractivity contribution >= 4 is 46.0 Å². The van der Waals surface area contributed by atoms with Crippen molar-refractivity contribution < 1.29 is 23.8 Å². The van der Waals surface area contributed by atoms with Crippen molar-refractivity contribution in [2.45, 2.75) is 56.7 Å². The van der Waals surface area contributed by atoms with Gasteiger partial charge in [-0.1, -0.05) is 12.1 Å². The van der Waals surface area contributed by atoms with Gasteiger partial charge in [-0.25, -0.2) is 9.59 Å². The fourth-order valence-electron chi connectivity index (χ4n) is 5.06. The summed E-state index contributed by atoms with van der Waals surface area (Å²) in [5, 5.41) is 3.92. The van der Waals surface area contributed by atoms with Crippen LogP contribution in [0.25, 0.3) is 11.1 Å². The molecule has 0 radical (unpaired) electrons. The van der Waals surface area contributed by atoms with E-state index in [1.165, 1.54) is 22.7 Å². The lowest BCUT2D eigenvalue weighted by Crippen LogP contribution is -2.38. The highest BCUT2D eigenvalue weighted by Crippen LogP contribution is 2.33. The molecule has 3 aromatic heterocycles. The maximum absolute atomic E-state index is 12.9. The first kappa shape index (κ1) is 26.6. The Kier molecular flexibility index (Phi) is 8.53. The molecular formula is C28H30N2O6S2. The zero-order valence-electron chi connectivity index (χ0n) is 21.1. The second kappa shape index (κ2) is 12.2. The van der Waals surface area contributed by atoms with Crippen molar-refractivity contribution in [3.05, 3.63) is 79.1 Å². The first-order valence-electron chi connectivity index (χ1n) is 12.8. The van der Waals surface area contributed by atoms with Gasteiger partial charge >= 0.3 is 11.7 Å². The van der Waals surface area contributed by atoms with Gasteiger partial charge in [0, 0.05) is 27.9 Å². The van der Waals surface area contributed by atoms with Crippen molar-refractivity contribution in [1.29, 1.82) is 0 Å². The van der Waals surface area contributed by atoms with Gasteiger partial charge in [-0.05, 0) is 86.8 Å². The monoisotopic (exact) mass is 554 g/mol. The van der Waals surface area contributed by atoms with Gasteiger partial charge in [0.05, 0.1) is 5.52 Å². The molecule has 4 aromatic rings. The second-order valence-corrected chi connectivity index (χ2v) is 11.6. The number of hydrogen-bond acceptors (Lipinski definition) is 9. The molecule has 0 amide bonds. The largest absolute Gasteiger partial charge is 0.419 e. The van der Waals surface area contributed by atoms with E-state index in [1.54, 1.807) is 22.8 Å². The number of fused-ring (bicyclic) bond motifs is 1. The number of rotatable bonds is 11. The van der Waals surface area contributed by atoms with Gasteiger partial charge in [0.2, 0.25) is 0 Å². The number of nitrogens with zero attached hydrogens (tertiary/aromatic N) is 2. The Morgan fingerprint density at radius 3 is 2.47 bits per heavy atom. The number of benzene rings is 1. The van der Waals surface area contributed by atoms with Gasteiger partial charge in [0.1, 0.15) is 18.3 Å². The van der Waals surface area contributed by atoms with E-state index < -0.39 is 11.7 Å². The molecule has 200 valence electrons. The first-order valence-corrected chi connectivity index (χ1v) is 14.5. The van der Waals surface area contributed by atoms with Crippen LogP contribution in [0, 0.1) is 0 Å². The normalized spacial score (nSPS) is 17.9. The van der Waals surface area contributed by atoms with Gasteiger partial charge in [-0.3, -0.25) is 14.2 Å². The fourth-order valence-corrected chi connectivity index (χ4v) is 6.79. The summed E-state index contributed by atoms with van der Waals surface area (Å²) in [6.07, 6.45) is 4.94. The molecule has 38 heavy (non-hydrogen) atoms. The van der Waals surface area contributed by atoms with Gasteiger partial charge in [-0.2, -0.15) is 4.89 Å². The summed E-state index contributed by atoms with van der Waals surface area (Å²) in [5.41, 5.74) is 1.62. The summed E-state index contributed by atoms with van der Waals surface area (Å²) in [5.74, 6) is -1.23. The van der Waals surface area contributed by atoms with Crippen LogP contribution in [0.15, 0.2) is 62.4 Å². The number of carbonyl (C=O) groups is 2. The second-order valence-electron chi connectivity index (χ2n) is 9.59. The minimum Gasteiger partial charge on any atom is -0.408 e. The Bertz CT molecular complexity index is 1370. The SMILES string of the molecule is CN(CCCn1c(=O)oc2cc(C=O)ccc21)C1CCC(OOC(=O)C(c2cccs2)c2cccs2)CC1. The van der Waals surface area contributed by atoms with Gasteiger partial charge in [-0.15, -0.1) is 22.7 Å². The highest BCUT2D eigenvalue weighted by molar-refractivity contribution is 7.11. The molecule has 0 bridgehead atoms. The number of aryl methyl sites for hydroxylation is 1. The highest BCUT2D eigenvalue weighted by atomic mass is 32.1. The molecule has 0 N–H and O–H groups in total. The van der Waals surface area contributed by atoms with Crippen LogP contribution in [-0.2, 0) is 21.1 Å². The molecule has 0 spiro atoms. The topological polar surface area (TPSA) is 91.0 Å². The van der Waals surface area contributed by atoms with E-state index in [0.29, 0.717) is 29.2 Å². The predicted molar refractivity (Wildman–Crippen MR) is 147 cm³/mol. The number of aldehydes is 1. The van der Waals surface area contributed by atoms with Crippen LogP contribution >= 0.6 is 22.7 Å². The van der Waals surface area contributed by atoms with Crippen LogP contribution in [-0.4, -0.2) is 47.5 Å². The third kappa shape index (κ3) is 5.99. The van der Waals surface area contributed by atoms with E-state index in [-0.39, 0.29) is 12.1 Å². The molecular weight excluding hydrogens is 524 g/mol. The van der Waals surface area contributed by atoms with Crippen molar-refractivity contribution in [2.75, 3.05) is 13.6 Å². The minimum absolute atomic E-state index is 0.108. The lowest BCUT2D eigenvalue weighted by Gasteiger charge is -2.34. The molecule has 0 unspecified atom stereocenters. The molecule has 3 heterocycles. The van der Waals surface area contributed by atoms with Gasteiger partial charge < -0.3 is 9.32 Å². The Morgan fingerprint density at radius 2 is 1.84 bits per heavy atom. The number of thiophene rings is 2. The van der Waals surface area contributed by atoms with Gasteiger partial charge in [0.15, 0.2) is 5.58 Å². The average Bonchev–Trinajstić information content (AvgIpc) is 3.71. The summed E-state index contributed by atoms with van der Waals surface area (Å²) in [7, 11) is 2.10. The summed E-state index contributed by atoms with van der Waals surface area (Å²) in [6.45, 7) is 1.38. The number of oxazole rings is 1. The zero-order chi connectivity index (χ0) is 26.5. The number of hydrogen-bond donors (Lipinski definition) is 0. The summed E-state index contributed by atoms with van der Waals surface area (Å²) in [4.78, 5) is 51.4. The van der Waals surface area contributed by atoms with Gasteiger partial charge in [0.25, 0.3) is 0 Å². The molecule has 1 fully saturated rings. The summed E-state index contributed by atoms with van der Waals surface area (Å²) < 4.78 is 6.93. The summed E-state index contributed by atoms with van der Waals surface area (Å²) >= 11 is 3.08. The van der Waals surface area contributed by atoms with Crippen molar-refractivity contribution in [3.63, 3.8) is 0 Å². The zero-order valence-corrected chi connectivity index (χ0v) is 22.7. The lowest BCUT2D eigenvalue weighted by atomic mass is 9.92. The molecule has 0 atom stereocenters. The molecule has 0 aliphatic heterocycles. The first-order chi connectivity index (χ1) is 18.5. The molecule has 1 saturated carbocycles. The third-order valence-electron chi connectivity index (χ3n) is 7.15. The maximum atomic E-state index is 12.9. The maximum Gasteiger partial charge on any atom is 0.419 e. The van der Waals surface area contributed by atoms with Crippen LogP contribution in [0.4, 0.5) is 0 Å². The van der Waals surface area contributed by atoms with E-state index in [4.69, 9.17) is 14.2 Å². The smallest absolute Gasteiger partial charge is 0.408 e. The van der Waals surface area contributed by atoms with E-state index in [2.05, 4.69) is 11.9 Å². The number of aromatic nitrogens is 1. The Labute approximate surface area is 228 Å². The molecule has 10 heteroatoms. The summed E-state index contributed by atoms with van der Waals surface area (Å²) in [6, 6.07) is 13.2. The van der Waals surface area contributed by atoms with Crippen LogP contribution in [0.3, 0.4) is 0 Å². The molecule has 1 aromatic carbocycles. The van der Waals surface area contributed by atoms with Crippen LogP contribution in [0.2, 0.25) is 0 Å². The van der Waals surface area contributed by atoms with E-state index in [9.17, 15) is 14.4 Å². The van der Waals surface area contributed by atoms with Crippen molar-refractivity contribution in [2.24, 2.45) is 0 Å². The fraction of sp³-hybridized carbons (Fsp3) is 0.393. The standard InChI is InChI=1S/C28H30N2O6S2/c1-29(13-4-14-30-22-12-7-19(18-31)17-23(22)34-28(30)33)20-8-10-21(11-9-20)35-36-27(32)26(24-5-2-15-37-24)25-6-3-16-38-25/h2-3,5-7,12,15-18,20-21,26H,4,8-11,13-14H2,1H3. The molecule has 0 saturated heterocycles. The minimum atomic E-state index is -0.454. The molecule has 1 aliphatic carbocycles. The molecule has 8 nitrogen and oxygen atoms in total. The average molecular weight is 555 g/mol. The quantitative estimate of drug-likeness (QED) is 0.138. The number of carbonyl (C=O) groups excluding carboxylic acids is 2. The van der Waals surface area contributed by atoms with Crippen LogP contribution in [0.1, 0.15) is 58.1 Å². The Balaban J connectivity index is 1.07. The lowest BCUT2D eigenvalue weighted by molar-refractivity contribution is -0.303. The molecule has 5 rings (SSSR count). The van der Waals surface area contributed by atoms with E-state index in [1.807, 2.05) is 35.0 Å².